The van der Waals surface area contributed by atoms with Gasteiger partial charge in [0, 0.05) is 27.9 Å². The van der Waals surface area contributed by atoms with Crippen LogP contribution in [0, 0.1) is 0 Å². The van der Waals surface area contributed by atoms with E-state index in [2.05, 4.69) is 5.32 Å². The van der Waals surface area contributed by atoms with Crippen LogP contribution in [0.1, 0.15) is 45.2 Å². The molecule has 2 rings (SSSR count). The van der Waals surface area contributed by atoms with Crippen LogP contribution in [0.15, 0.2) is 48.5 Å². The summed E-state index contributed by atoms with van der Waals surface area (Å²) < 4.78 is 0. The topological polar surface area (TPSA) is 49.4 Å². The maximum Gasteiger partial charge on any atom is 0.243 e. The lowest BCUT2D eigenvalue weighted by Crippen LogP contribution is -2.53. The molecule has 0 radical (unpaired) electrons. The number of carbonyl (C=O) groups is 2. The van der Waals surface area contributed by atoms with Gasteiger partial charge in [-0.1, -0.05) is 66.5 Å². The molecule has 0 spiro atoms. The second-order valence-corrected chi connectivity index (χ2v) is 10.2. The zero-order chi connectivity index (χ0) is 23.0. The number of amides is 2. The number of nitrogens with one attached hydrogen (secondary N) is 1. The second kappa shape index (κ2) is 11.8. The van der Waals surface area contributed by atoms with Crippen LogP contribution in [-0.4, -0.2) is 34.0 Å². The molecule has 0 unspecified atom stereocenters. The lowest BCUT2D eigenvalue weighted by atomic mass is 10.1. The first-order valence-electron chi connectivity index (χ1n) is 10.3. The van der Waals surface area contributed by atoms with Gasteiger partial charge in [-0.3, -0.25) is 9.59 Å². The molecule has 2 aromatic carbocycles. The Morgan fingerprint density at radius 2 is 1.77 bits per heavy atom. The van der Waals surface area contributed by atoms with Gasteiger partial charge in [-0.05, 0) is 50.5 Å². The summed E-state index contributed by atoms with van der Waals surface area (Å²) in [5, 5.41) is 4.19. The number of benzene rings is 2. The number of hydrogen-bond donors (Lipinski definition) is 1. The van der Waals surface area contributed by atoms with Gasteiger partial charge in [0.2, 0.25) is 11.8 Å². The molecule has 0 saturated carbocycles. The van der Waals surface area contributed by atoms with E-state index < -0.39 is 6.04 Å². The summed E-state index contributed by atoms with van der Waals surface area (Å²) in [7, 11) is 0. The van der Waals surface area contributed by atoms with Crippen LogP contribution < -0.4 is 5.32 Å². The first-order valence-corrected chi connectivity index (χ1v) is 12.2. The maximum absolute atomic E-state index is 13.2. The van der Waals surface area contributed by atoms with Crippen LogP contribution in [0.3, 0.4) is 0 Å². The van der Waals surface area contributed by atoms with Gasteiger partial charge >= 0.3 is 0 Å². The number of nitrogens with zero attached hydrogens (tertiary/aromatic N) is 1. The molecule has 0 bridgehead atoms. The Morgan fingerprint density at radius 3 is 2.35 bits per heavy atom. The van der Waals surface area contributed by atoms with Gasteiger partial charge in [-0.15, -0.1) is 11.8 Å². The summed E-state index contributed by atoms with van der Waals surface area (Å²) in [5.41, 5.74) is 1.55. The average Bonchev–Trinajstić information content (AvgIpc) is 2.68. The standard InChI is InChI=1S/C24H30Cl2N2O2S/c1-5-21(23(30)27-24(2,3)4)28(14-17-9-7-6-8-10-17)22(29)16-31-15-18-11-12-19(25)13-20(18)26/h6-13,21H,5,14-16H2,1-4H3,(H,27,30)/t21-/m1/s1. The van der Waals surface area contributed by atoms with Crippen LogP contribution in [-0.2, 0) is 21.9 Å². The SMILES string of the molecule is CC[C@H](C(=O)NC(C)(C)C)N(Cc1ccccc1)C(=O)CSCc1ccc(Cl)cc1Cl. The van der Waals surface area contributed by atoms with Crippen molar-refractivity contribution in [2.45, 2.75) is 58.0 Å². The molecule has 4 nitrogen and oxygen atoms in total. The Labute approximate surface area is 199 Å². The minimum absolute atomic E-state index is 0.0742. The van der Waals surface area contributed by atoms with Crippen molar-refractivity contribution in [3.05, 3.63) is 69.7 Å². The zero-order valence-corrected chi connectivity index (χ0v) is 20.8. The minimum atomic E-state index is -0.536. The smallest absolute Gasteiger partial charge is 0.243 e. The number of carbonyl (C=O) groups excluding carboxylic acids is 2. The predicted octanol–water partition coefficient (Wildman–Crippen LogP) is 5.95. The Kier molecular flexibility index (Phi) is 9.73. The van der Waals surface area contributed by atoms with Crippen molar-refractivity contribution in [1.82, 2.24) is 10.2 Å². The monoisotopic (exact) mass is 480 g/mol. The molecule has 0 heterocycles. The molecule has 0 aliphatic heterocycles. The van der Waals surface area contributed by atoms with E-state index >= 15 is 0 Å². The molecular formula is C24H30Cl2N2O2S. The highest BCUT2D eigenvalue weighted by Crippen LogP contribution is 2.25. The fourth-order valence-electron chi connectivity index (χ4n) is 3.12. The first kappa shape index (κ1) is 25.6. The van der Waals surface area contributed by atoms with Crippen LogP contribution >= 0.6 is 35.0 Å². The van der Waals surface area contributed by atoms with E-state index in [-0.39, 0.29) is 23.1 Å². The molecule has 2 aromatic rings. The molecule has 0 aromatic heterocycles. The van der Waals surface area contributed by atoms with Gasteiger partial charge in [0.05, 0.1) is 5.75 Å². The highest BCUT2D eigenvalue weighted by Gasteiger charge is 2.30. The third kappa shape index (κ3) is 8.40. The van der Waals surface area contributed by atoms with Crippen molar-refractivity contribution < 1.29 is 9.59 Å². The molecule has 1 N–H and O–H groups in total. The lowest BCUT2D eigenvalue weighted by molar-refractivity contribution is -0.140. The van der Waals surface area contributed by atoms with Crippen LogP contribution in [0.4, 0.5) is 0 Å². The van der Waals surface area contributed by atoms with Gasteiger partial charge in [0.25, 0.3) is 0 Å². The number of rotatable bonds is 9. The largest absolute Gasteiger partial charge is 0.350 e. The van der Waals surface area contributed by atoms with Gasteiger partial charge in [-0.2, -0.15) is 0 Å². The molecule has 31 heavy (non-hydrogen) atoms. The van der Waals surface area contributed by atoms with E-state index in [1.807, 2.05) is 64.1 Å². The Hall–Kier alpha value is -1.69. The van der Waals surface area contributed by atoms with Gasteiger partial charge < -0.3 is 10.2 Å². The summed E-state index contributed by atoms with van der Waals surface area (Å²) in [6, 6.07) is 14.6. The van der Waals surface area contributed by atoms with E-state index in [0.717, 1.165) is 11.1 Å². The summed E-state index contributed by atoms with van der Waals surface area (Å²) >= 11 is 13.7. The molecule has 0 saturated heterocycles. The molecule has 168 valence electrons. The van der Waals surface area contributed by atoms with Crippen molar-refractivity contribution in [3.8, 4) is 0 Å². The fourth-order valence-corrected chi connectivity index (χ4v) is 4.59. The van der Waals surface area contributed by atoms with E-state index in [9.17, 15) is 9.59 Å². The lowest BCUT2D eigenvalue weighted by Gasteiger charge is -2.33. The summed E-state index contributed by atoms with van der Waals surface area (Å²) in [4.78, 5) is 27.9. The van der Waals surface area contributed by atoms with Crippen molar-refractivity contribution in [1.29, 1.82) is 0 Å². The molecule has 0 fully saturated rings. The summed E-state index contributed by atoms with van der Waals surface area (Å²) in [6.07, 6.45) is 0.536. The summed E-state index contributed by atoms with van der Waals surface area (Å²) in [5.74, 6) is 0.636. The van der Waals surface area contributed by atoms with Gasteiger partial charge in [-0.25, -0.2) is 0 Å². The van der Waals surface area contributed by atoms with E-state index in [4.69, 9.17) is 23.2 Å². The van der Waals surface area contributed by atoms with Crippen LogP contribution in [0.2, 0.25) is 10.0 Å². The normalized spacial score (nSPS) is 12.3. The Bertz CT molecular complexity index is 885. The molecular weight excluding hydrogens is 451 g/mol. The first-order chi connectivity index (χ1) is 14.6. The van der Waals surface area contributed by atoms with Crippen molar-refractivity contribution in [2.24, 2.45) is 0 Å². The maximum atomic E-state index is 13.2. The molecule has 7 heteroatoms. The molecule has 1 atom stereocenters. The number of thioether (sulfide) groups is 1. The third-order valence-corrected chi connectivity index (χ3v) is 6.13. The van der Waals surface area contributed by atoms with E-state index in [1.54, 1.807) is 17.0 Å². The average molecular weight is 481 g/mol. The Balaban J connectivity index is 2.14. The molecule has 2 amide bonds. The number of halogens is 2. The van der Waals surface area contributed by atoms with Crippen molar-refractivity contribution >= 4 is 46.8 Å². The molecule has 0 aliphatic rings. The zero-order valence-electron chi connectivity index (χ0n) is 18.5. The fraction of sp³-hybridized carbons (Fsp3) is 0.417. The van der Waals surface area contributed by atoms with Crippen molar-refractivity contribution in [2.75, 3.05) is 5.75 Å². The number of hydrogen-bond acceptors (Lipinski definition) is 3. The van der Waals surface area contributed by atoms with E-state index in [1.165, 1.54) is 11.8 Å². The predicted molar refractivity (Wildman–Crippen MR) is 132 cm³/mol. The van der Waals surface area contributed by atoms with Crippen LogP contribution in [0.25, 0.3) is 0 Å². The van der Waals surface area contributed by atoms with E-state index in [0.29, 0.717) is 28.8 Å². The minimum Gasteiger partial charge on any atom is -0.350 e. The van der Waals surface area contributed by atoms with Gasteiger partial charge in [0.1, 0.15) is 6.04 Å². The summed E-state index contributed by atoms with van der Waals surface area (Å²) in [6.45, 7) is 8.13. The second-order valence-electron chi connectivity index (χ2n) is 8.40. The Morgan fingerprint density at radius 1 is 1.10 bits per heavy atom. The highest BCUT2D eigenvalue weighted by atomic mass is 35.5. The third-order valence-electron chi connectivity index (χ3n) is 4.58. The molecule has 0 aliphatic carbocycles. The highest BCUT2D eigenvalue weighted by molar-refractivity contribution is 7.99. The quantitative estimate of drug-likeness (QED) is 0.482. The van der Waals surface area contributed by atoms with Crippen LogP contribution in [0.5, 0.6) is 0 Å². The van der Waals surface area contributed by atoms with Gasteiger partial charge in [0.15, 0.2) is 0 Å². The van der Waals surface area contributed by atoms with Crippen molar-refractivity contribution in [3.63, 3.8) is 0 Å².